The number of nitrogens with zero attached hydrogens (tertiary/aromatic N) is 2. The van der Waals surface area contributed by atoms with Gasteiger partial charge in [0.15, 0.2) is 5.78 Å². The predicted octanol–water partition coefficient (Wildman–Crippen LogP) is 6.37. The largest absolute Gasteiger partial charge is 0.462 e. The van der Waals surface area contributed by atoms with Crippen LogP contribution in [0.5, 0.6) is 0 Å². The van der Waals surface area contributed by atoms with E-state index in [0.29, 0.717) is 27.8 Å². The average molecular weight is 1160 g/mol. The Kier molecular flexibility index (Phi) is 22.2. The SMILES string of the molecule is CO[C@@H]1/C=C/C=C(\C)Cc2cc(C)c(Cl)c(c2)N(C)C(=O)C[C@H](OC(=O)Nc2ccc(CC(=O)[C@H](CCCNC(N)=O)NC(=O)[C@@H](CC(=O)CCCCC(=O)ON3C(=O)CCC3=O)C(C)C)cc2)[C@]2(C)O[C@H]2[C@H](C)[C@@H]2C[C@@]1(O)CC(=O)O2. The van der Waals surface area contributed by atoms with Crippen LogP contribution in [-0.4, -0.2) is 132 Å². The van der Waals surface area contributed by atoms with Crippen molar-refractivity contribution in [2.45, 2.75) is 173 Å². The molecule has 0 radical (unpaired) electrons. The van der Waals surface area contributed by atoms with Gasteiger partial charge in [-0.15, -0.1) is 5.06 Å². The third-order valence-electron chi connectivity index (χ3n) is 15.6. The molecule has 0 saturated carbocycles. The number of carbonyl (C=O) groups is 10. The second kappa shape index (κ2) is 28.3. The van der Waals surface area contributed by atoms with Crippen LogP contribution >= 0.6 is 11.6 Å². The van der Waals surface area contributed by atoms with E-state index in [4.69, 9.17) is 41.1 Å². The number of esters is 1. The molecular formula is C59H77ClN6O16. The number of urea groups is 1. The number of rotatable bonds is 21. The highest BCUT2D eigenvalue weighted by Gasteiger charge is 2.64. The Balaban J connectivity index is 1.12. The number of halogens is 1. The molecule has 9 atom stereocenters. The number of allylic oxidation sites excluding steroid dienone is 3. The normalized spacial score (nSPS) is 25.6. The number of epoxide rings is 1. The summed E-state index contributed by atoms with van der Waals surface area (Å²) in [5.74, 6) is -5.85. The van der Waals surface area contributed by atoms with Gasteiger partial charge in [-0.1, -0.05) is 74.4 Å². The molecule has 7 amide bonds. The number of aliphatic hydroxyl groups is 1. The number of nitrogens with one attached hydrogen (secondary N) is 3. The summed E-state index contributed by atoms with van der Waals surface area (Å²) in [6.07, 6.45) is 1.12. The molecule has 0 unspecified atom stereocenters. The number of carbonyl (C=O) groups excluding carboxylic acids is 10. The molecule has 0 aliphatic carbocycles. The van der Waals surface area contributed by atoms with Gasteiger partial charge in [0.05, 0.1) is 35.7 Å². The third kappa shape index (κ3) is 17.0. The maximum atomic E-state index is 14.4. The van der Waals surface area contributed by atoms with Crippen molar-refractivity contribution in [1.82, 2.24) is 15.7 Å². The molecule has 6 rings (SSSR count). The van der Waals surface area contributed by atoms with E-state index in [1.165, 1.54) is 12.0 Å². The number of Topliss-reactive ketones (excluding diaryl/α,β-unsaturated/α-hetero) is 2. The number of anilines is 2. The van der Waals surface area contributed by atoms with E-state index in [1.54, 1.807) is 71.2 Å². The second-order valence-electron chi connectivity index (χ2n) is 22.4. The van der Waals surface area contributed by atoms with Crippen LogP contribution < -0.4 is 26.6 Å². The zero-order valence-electron chi connectivity index (χ0n) is 47.8. The number of methoxy groups -OCH3 is 1. The number of hydrogen-bond donors (Lipinski definition) is 5. The number of imide groups is 1. The molecule has 0 aromatic heterocycles. The monoisotopic (exact) mass is 1160 g/mol. The van der Waals surface area contributed by atoms with Crippen LogP contribution in [0.25, 0.3) is 0 Å². The lowest BCUT2D eigenvalue weighted by Gasteiger charge is -2.41. The van der Waals surface area contributed by atoms with Crippen molar-refractivity contribution in [3.05, 3.63) is 81.9 Å². The Hall–Kier alpha value is -7.01. The number of primary amides is 1. The van der Waals surface area contributed by atoms with Crippen molar-refractivity contribution in [1.29, 1.82) is 0 Å². The molecule has 2 aromatic carbocycles. The third-order valence-corrected chi connectivity index (χ3v) is 16.1. The van der Waals surface area contributed by atoms with Gasteiger partial charge in [-0.2, -0.15) is 0 Å². The molecule has 82 heavy (non-hydrogen) atoms. The summed E-state index contributed by atoms with van der Waals surface area (Å²) in [6, 6.07) is 8.29. The van der Waals surface area contributed by atoms with Crippen LogP contribution in [0.3, 0.4) is 0 Å². The topological polar surface area (TPSA) is 309 Å². The number of ether oxygens (including phenoxy) is 4. The first kappa shape index (κ1) is 64.2. The van der Waals surface area contributed by atoms with Gasteiger partial charge in [-0.3, -0.25) is 38.9 Å². The predicted molar refractivity (Wildman–Crippen MR) is 300 cm³/mol. The number of unbranched alkanes of at least 4 members (excludes halogenated alkanes) is 1. The molecular weight excluding hydrogens is 1080 g/mol. The number of hydroxylamine groups is 2. The van der Waals surface area contributed by atoms with Crippen molar-refractivity contribution < 1.29 is 76.8 Å². The molecule has 3 fully saturated rings. The summed E-state index contributed by atoms with van der Waals surface area (Å²) in [6.45, 7) is 11.0. The standard InChI is InChI=1S/C59H77ClN6O16/c1-33(2)41(29-40(67)14-9-10-17-51(72)82-66-48(69)22-23-49(66)70)55(74)64-42(15-12-24-62-56(61)75)44(68)28-37-18-20-39(21-19-37)63-57(76)80-47-30-50(71)65(7)43-27-38(26-35(4)53(43)60)25-34(3)13-11-16-46(78-8)59(77)31-45(79-52(73)32-59)36(5)54-58(47,6)81-54/h11,13,16,18-21,26-27,33,36,41-42,45-47,54,77H,9-10,12,14-15,17,22-25,28-32H2,1-8H3,(H,63,76)(H,64,74)(H3,61,62,75)/b16-11+,34-13+/t36-,41+,42+,45+,46-,47+,54+,58+,59-/m1/s1. The maximum Gasteiger partial charge on any atom is 0.412 e. The molecule has 0 spiro atoms. The molecule has 3 saturated heterocycles. The fraction of sp³-hybridized carbons (Fsp3) is 0.559. The van der Waals surface area contributed by atoms with Crippen LogP contribution in [0.2, 0.25) is 5.02 Å². The van der Waals surface area contributed by atoms with Gasteiger partial charge >= 0.3 is 24.1 Å². The van der Waals surface area contributed by atoms with Gasteiger partial charge in [0.25, 0.3) is 11.8 Å². The van der Waals surface area contributed by atoms with E-state index in [1.807, 2.05) is 32.1 Å². The molecule has 23 heteroatoms. The molecule has 2 aromatic rings. The van der Waals surface area contributed by atoms with Gasteiger partial charge in [0.2, 0.25) is 11.8 Å². The Morgan fingerprint density at radius 1 is 0.963 bits per heavy atom. The minimum absolute atomic E-state index is 0.00872. The molecule has 6 N–H and O–H groups in total. The summed E-state index contributed by atoms with van der Waals surface area (Å²) in [7, 11) is 3.04. The van der Waals surface area contributed by atoms with Crippen LogP contribution in [0, 0.1) is 24.7 Å². The smallest absolute Gasteiger partial charge is 0.412 e. The van der Waals surface area contributed by atoms with Crippen molar-refractivity contribution >= 4 is 82.2 Å². The van der Waals surface area contributed by atoms with Crippen molar-refractivity contribution in [2.24, 2.45) is 23.5 Å². The average Bonchev–Trinajstić information content (AvgIpc) is 4.24. The number of ketones is 2. The number of benzene rings is 2. The van der Waals surface area contributed by atoms with E-state index in [-0.39, 0.29) is 113 Å². The number of nitrogens with two attached hydrogens (primary N) is 1. The van der Waals surface area contributed by atoms with Crippen molar-refractivity contribution in [3.8, 4) is 0 Å². The lowest BCUT2D eigenvalue weighted by molar-refractivity contribution is -0.197. The summed E-state index contributed by atoms with van der Waals surface area (Å²) < 4.78 is 24.0. The fourth-order valence-electron chi connectivity index (χ4n) is 10.7. The molecule has 4 heterocycles. The Labute approximate surface area is 482 Å². The first-order valence-electron chi connectivity index (χ1n) is 27.7. The first-order chi connectivity index (χ1) is 38.7. The summed E-state index contributed by atoms with van der Waals surface area (Å²) in [4.78, 5) is 136. The second-order valence-corrected chi connectivity index (χ2v) is 22.8. The van der Waals surface area contributed by atoms with Crippen LogP contribution in [0.4, 0.5) is 21.0 Å². The molecule has 446 valence electrons. The quantitative estimate of drug-likeness (QED) is 0.0393. The van der Waals surface area contributed by atoms with Gasteiger partial charge in [-0.25, -0.2) is 14.4 Å². The molecule has 4 aliphatic rings. The Bertz CT molecular complexity index is 2810. The van der Waals surface area contributed by atoms with E-state index in [9.17, 15) is 53.1 Å². The fourth-order valence-corrected chi connectivity index (χ4v) is 10.9. The zero-order chi connectivity index (χ0) is 60.2. The van der Waals surface area contributed by atoms with Crippen molar-refractivity contribution in [2.75, 3.05) is 30.9 Å². The minimum Gasteiger partial charge on any atom is -0.462 e. The van der Waals surface area contributed by atoms with Crippen LogP contribution in [0.15, 0.2) is 60.2 Å². The molecule has 22 nitrogen and oxygen atoms in total. The Morgan fingerprint density at radius 2 is 1.65 bits per heavy atom. The van der Waals surface area contributed by atoms with E-state index < -0.39 is 101 Å². The van der Waals surface area contributed by atoms with Crippen LogP contribution in [-0.2, 0) is 75.0 Å². The summed E-state index contributed by atoms with van der Waals surface area (Å²) in [5, 5.41) is 20.8. The summed E-state index contributed by atoms with van der Waals surface area (Å²) in [5.41, 5.74) is 6.14. The van der Waals surface area contributed by atoms with Gasteiger partial charge in [0, 0.05) is 83.2 Å². The zero-order valence-corrected chi connectivity index (χ0v) is 48.6. The summed E-state index contributed by atoms with van der Waals surface area (Å²) >= 11 is 6.84. The maximum absolute atomic E-state index is 14.4. The highest BCUT2D eigenvalue weighted by Crippen LogP contribution is 2.50. The lowest BCUT2D eigenvalue weighted by atomic mass is 9.78. The number of aryl methyl sites for hydroxylation is 1. The van der Waals surface area contributed by atoms with Crippen molar-refractivity contribution in [3.63, 3.8) is 0 Å². The van der Waals surface area contributed by atoms with Crippen LogP contribution in [0.1, 0.15) is 128 Å². The van der Waals surface area contributed by atoms with E-state index >= 15 is 0 Å². The molecule has 4 aliphatic heterocycles. The number of amides is 7. The van der Waals surface area contributed by atoms with Gasteiger partial charge < -0.3 is 50.2 Å². The van der Waals surface area contributed by atoms with E-state index in [0.717, 1.165) is 16.7 Å². The molecule has 4 bridgehead atoms. The van der Waals surface area contributed by atoms with Gasteiger partial charge in [-0.05, 0) is 93.7 Å². The number of fused-ring (bicyclic) bond motifs is 5. The first-order valence-corrected chi connectivity index (χ1v) is 28.1. The Morgan fingerprint density at radius 3 is 2.30 bits per heavy atom. The van der Waals surface area contributed by atoms with Gasteiger partial charge in [0.1, 0.15) is 35.3 Å². The minimum atomic E-state index is -1.63. The van der Waals surface area contributed by atoms with E-state index in [2.05, 4.69) is 16.0 Å². The highest BCUT2D eigenvalue weighted by atomic mass is 35.5. The highest BCUT2D eigenvalue weighted by molar-refractivity contribution is 6.34. The lowest BCUT2D eigenvalue weighted by Crippen LogP contribution is -2.53. The number of hydrogen-bond acceptors (Lipinski definition) is 16.